The molecule has 0 saturated carbocycles. The summed E-state index contributed by atoms with van der Waals surface area (Å²) in [5.41, 5.74) is 4.20. The van der Waals surface area contributed by atoms with Crippen molar-refractivity contribution in [3.05, 3.63) is 84.1 Å². The van der Waals surface area contributed by atoms with E-state index >= 15 is 0 Å². The van der Waals surface area contributed by atoms with E-state index in [1.165, 1.54) is 21.7 Å². The zero-order chi connectivity index (χ0) is 24.5. The Morgan fingerprint density at radius 3 is 2.89 bits per heavy atom. The third-order valence-corrected chi connectivity index (χ3v) is 8.35. The number of nitrogens with zero attached hydrogens (tertiary/aromatic N) is 3. The Kier molecular flexibility index (Phi) is 7.06. The average Bonchev–Trinajstić information content (AvgIpc) is 3.42. The van der Waals surface area contributed by atoms with Gasteiger partial charge in [-0.05, 0) is 67.3 Å². The quantitative estimate of drug-likeness (QED) is 0.134. The van der Waals surface area contributed by atoms with E-state index in [1.807, 2.05) is 0 Å². The van der Waals surface area contributed by atoms with Gasteiger partial charge >= 0.3 is 0 Å². The first-order valence-electron chi connectivity index (χ1n) is 10.6. The van der Waals surface area contributed by atoms with Crippen LogP contribution in [0.2, 0.25) is 5.02 Å². The molecule has 0 bridgehead atoms. The zero-order valence-corrected chi connectivity index (χ0v) is 22.0. The Balaban J connectivity index is 1.41. The number of thiophene rings is 1. The summed E-state index contributed by atoms with van der Waals surface area (Å²) in [6, 6.07) is 11.4. The van der Waals surface area contributed by atoms with Gasteiger partial charge in [-0.1, -0.05) is 39.3 Å². The first kappa shape index (κ1) is 24.2. The minimum Gasteiger partial charge on any atom is -0.272 e. The molecule has 35 heavy (non-hydrogen) atoms. The van der Waals surface area contributed by atoms with Crippen molar-refractivity contribution in [2.45, 2.75) is 24.4 Å². The molecule has 1 aliphatic carbocycles. The van der Waals surface area contributed by atoms with Crippen molar-refractivity contribution in [2.24, 2.45) is 5.10 Å². The van der Waals surface area contributed by atoms with Crippen molar-refractivity contribution in [2.75, 3.05) is 5.75 Å². The van der Waals surface area contributed by atoms with Crippen LogP contribution in [0.15, 0.2) is 62.0 Å². The van der Waals surface area contributed by atoms with Crippen LogP contribution in [0.3, 0.4) is 0 Å². The molecule has 1 N–H and O–H groups in total. The van der Waals surface area contributed by atoms with Crippen LogP contribution in [0.1, 0.15) is 22.4 Å². The van der Waals surface area contributed by atoms with Gasteiger partial charge in [-0.25, -0.2) is 14.8 Å². The van der Waals surface area contributed by atoms with Gasteiger partial charge in [-0.2, -0.15) is 5.10 Å². The first-order chi connectivity index (χ1) is 16.9. The molecule has 178 valence electrons. The predicted molar refractivity (Wildman–Crippen MR) is 143 cm³/mol. The highest BCUT2D eigenvalue weighted by atomic mass is 79.9. The topological polar surface area (TPSA) is 76.3 Å². The third kappa shape index (κ3) is 5.06. The molecular formula is C24H17BrClFN4O2S2. The molecule has 11 heteroatoms. The van der Waals surface area contributed by atoms with Crippen LogP contribution in [0.4, 0.5) is 4.39 Å². The minimum atomic E-state index is -0.451. The molecule has 2 aromatic carbocycles. The number of hydrazone groups is 1. The Morgan fingerprint density at radius 1 is 1.29 bits per heavy atom. The summed E-state index contributed by atoms with van der Waals surface area (Å²) in [5.74, 6) is -0.894. The summed E-state index contributed by atoms with van der Waals surface area (Å²) < 4.78 is 16.1. The molecule has 1 aliphatic rings. The maximum absolute atomic E-state index is 13.8. The predicted octanol–water partition coefficient (Wildman–Crippen LogP) is 5.73. The molecular weight excluding hydrogens is 575 g/mol. The lowest BCUT2D eigenvalue weighted by Gasteiger charge is -2.12. The molecule has 5 rings (SSSR count). The zero-order valence-electron chi connectivity index (χ0n) is 18.1. The van der Waals surface area contributed by atoms with Crippen LogP contribution < -0.4 is 11.0 Å². The molecule has 0 spiro atoms. The summed E-state index contributed by atoms with van der Waals surface area (Å²) in [7, 11) is 0. The Bertz CT molecular complexity index is 1540. The second-order valence-corrected chi connectivity index (χ2v) is 11.2. The lowest BCUT2D eigenvalue weighted by molar-refractivity contribution is -0.118. The number of carbonyl (C=O) groups is 1. The smallest absolute Gasteiger partial charge is 0.267 e. The maximum atomic E-state index is 13.8. The molecule has 1 amide bonds. The van der Waals surface area contributed by atoms with Crippen LogP contribution in [0.5, 0.6) is 0 Å². The van der Waals surface area contributed by atoms with E-state index in [-0.39, 0.29) is 16.9 Å². The normalized spacial score (nSPS) is 13.0. The van der Waals surface area contributed by atoms with E-state index in [2.05, 4.69) is 26.5 Å². The van der Waals surface area contributed by atoms with E-state index in [9.17, 15) is 14.0 Å². The number of halogens is 3. The molecule has 0 saturated heterocycles. The lowest BCUT2D eigenvalue weighted by Crippen LogP contribution is -2.24. The summed E-state index contributed by atoms with van der Waals surface area (Å²) in [4.78, 5) is 32.7. The first-order valence-corrected chi connectivity index (χ1v) is 13.6. The number of aryl methyl sites for hydroxylation is 2. The standard InChI is InChI=1S/C24H17BrClFN4O2S2/c25-14-4-9-18(27)13(10-14)11-28-30-20(32)12-34-24-29-22-21(17-2-1-3-19(17)35-22)23(33)31(24)16-7-5-15(26)6-8-16/h4-11H,1-3,12H2,(H,30,32). The van der Waals surface area contributed by atoms with Crippen molar-refractivity contribution >= 4 is 73.0 Å². The summed E-state index contributed by atoms with van der Waals surface area (Å²) >= 11 is 12.0. The number of benzene rings is 2. The Morgan fingerprint density at radius 2 is 2.09 bits per heavy atom. The third-order valence-electron chi connectivity index (χ3n) is 5.48. The molecule has 4 aromatic rings. The molecule has 0 unspecified atom stereocenters. The second kappa shape index (κ2) is 10.2. The SMILES string of the molecule is O=C(CSc1nc2sc3c(c2c(=O)n1-c1ccc(Cl)cc1)CCC3)NN=Cc1cc(Br)ccc1F. The summed E-state index contributed by atoms with van der Waals surface area (Å²) in [5, 5.41) is 5.47. The van der Waals surface area contributed by atoms with Gasteiger partial charge in [0.25, 0.3) is 11.5 Å². The monoisotopic (exact) mass is 590 g/mol. The average molecular weight is 592 g/mol. The van der Waals surface area contributed by atoms with Crippen LogP contribution in [-0.2, 0) is 17.6 Å². The number of fused-ring (bicyclic) bond motifs is 3. The van der Waals surface area contributed by atoms with Gasteiger partial charge in [0.05, 0.1) is 23.0 Å². The van der Waals surface area contributed by atoms with E-state index in [0.717, 1.165) is 36.6 Å². The number of rotatable bonds is 6. The fraction of sp³-hybridized carbons (Fsp3) is 0.167. The van der Waals surface area contributed by atoms with Gasteiger partial charge < -0.3 is 0 Å². The second-order valence-electron chi connectivity index (χ2n) is 7.80. The summed E-state index contributed by atoms with van der Waals surface area (Å²) in [6.07, 6.45) is 4.11. The Labute approximate surface area is 221 Å². The van der Waals surface area contributed by atoms with Crippen LogP contribution in [-0.4, -0.2) is 27.4 Å². The van der Waals surface area contributed by atoms with Crippen molar-refractivity contribution in [3.63, 3.8) is 0 Å². The van der Waals surface area contributed by atoms with Gasteiger partial charge in [-0.3, -0.25) is 14.2 Å². The van der Waals surface area contributed by atoms with Gasteiger partial charge in [0.15, 0.2) is 5.16 Å². The van der Waals surface area contributed by atoms with Crippen molar-refractivity contribution in [1.82, 2.24) is 15.0 Å². The molecule has 0 atom stereocenters. The molecule has 0 aliphatic heterocycles. The molecule has 2 aromatic heterocycles. The van der Waals surface area contributed by atoms with E-state index < -0.39 is 11.7 Å². The van der Waals surface area contributed by atoms with E-state index in [4.69, 9.17) is 16.6 Å². The van der Waals surface area contributed by atoms with Gasteiger partial charge in [0, 0.05) is 19.9 Å². The molecule has 0 fully saturated rings. The maximum Gasteiger partial charge on any atom is 0.267 e. The molecule has 0 radical (unpaired) electrons. The number of hydrogen-bond acceptors (Lipinski definition) is 6. The van der Waals surface area contributed by atoms with Gasteiger partial charge in [-0.15, -0.1) is 11.3 Å². The number of thioether (sulfide) groups is 1. The number of hydrogen-bond donors (Lipinski definition) is 1. The number of aromatic nitrogens is 2. The fourth-order valence-corrected chi connectivity index (χ4v) is 6.50. The highest BCUT2D eigenvalue weighted by molar-refractivity contribution is 9.10. The summed E-state index contributed by atoms with van der Waals surface area (Å²) in [6.45, 7) is 0. The largest absolute Gasteiger partial charge is 0.272 e. The van der Waals surface area contributed by atoms with Gasteiger partial charge in [0.1, 0.15) is 10.6 Å². The van der Waals surface area contributed by atoms with Gasteiger partial charge in [0.2, 0.25) is 0 Å². The fourth-order valence-electron chi connectivity index (χ4n) is 3.89. The highest BCUT2D eigenvalue weighted by Crippen LogP contribution is 2.36. The number of carbonyl (C=O) groups excluding carboxylic acids is 1. The lowest BCUT2D eigenvalue weighted by atomic mass is 10.2. The Hall–Kier alpha value is -2.53. The highest BCUT2D eigenvalue weighted by Gasteiger charge is 2.24. The minimum absolute atomic E-state index is 0.0328. The van der Waals surface area contributed by atoms with E-state index in [1.54, 1.807) is 47.7 Å². The van der Waals surface area contributed by atoms with Crippen molar-refractivity contribution in [3.8, 4) is 5.69 Å². The van der Waals surface area contributed by atoms with Crippen LogP contribution in [0.25, 0.3) is 15.9 Å². The van der Waals surface area contributed by atoms with Crippen molar-refractivity contribution < 1.29 is 9.18 Å². The number of amides is 1. The number of nitrogens with one attached hydrogen (secondary N) is 1. The van der Waals surface area contributed by atoms with Crippen LogP contribution >= 0.6 is 50.6 Å². The molecule has 2 heterocycles. The van der Waals surface area contributed by atoms with E-state index in [0.29, 0.717) is 30.6 Å². The molecule has 6 nitrogen and oxygen atoms in total. The van der Waals surface area contributed by atoms with Crippen molar-refractivity contribution in [1.29, 1.82) is 0 Å². The van der Waals surface area contributed by atoms with Crippen LogP contribution in [0, 0.1) is 5.82 Å².